The fourth-order valence-electron chi connectivity index (χ4n) is 2.98. The van der Waals surface area contributed by atoms with Gasteiger partial charge in [0, 0.05) is 20.1 Å². The quantitative estimate of drug-likeness (QED) is 0.899. The summed E-state index contributed by atoms with van der Waals surface area (Å²) in [5.74, 6) is -0.505. The first-order valence-electron chi connectivity index (χ1n) is 6.80. The molecule has 106 valence electrons. The Hall–Kier alpha value is -1.36. The predicted octanol–water partition coefficient (Wildman–Crippen LogP) is 1.66. The number of aromatic nitrogens is 2. The van der Waals surface area contributed by atoms with E-state index in [1.54, 1.807) is 0 Å². The molecule has 0 spiro atoms. The van der Waals surface area contributed by atoms with Crippen molar-refractivity contribution in [1.29, 1.82) is 0 Å². The van der Waals surface area contributed by atoms with Crippen molar-refractivity contribution in [2.45, 2.75) is 33.7 Å². The van der Waals surface area contributed by atoms with E-state index in [4.69, 9.17) is 0 Å². The second-order valence-corrected chi connectivity index (χ2v) is 5.98. The topological polar surface area (TPSA) is 58.4 Å². The summed E-state index contributed by atoms with van der Waals surface area (Å²) in [5, 5.41) is 13.9. The van der Waals surface area contributed by atoms with E-state index < -0.39 is 11.4 Å². The van der Waals surface area contributed by atoms with Gasteiger partial charge >= 0.3 is 5.97 Å². The SMILES string of the molecule is Cc1cc(CN2CCC(C(=O)O)(C(C)C)C2)n(C)n1. The summed E-state index contributed by atoms with van der Waals surface area (Å²) in [7, 11) is 1.94. The molecule has 2 rings (SSSR count). The van der Waals surface area contributed by atoms with Crippen LogP contribution in [-0.2, 0) is 18.4 Å². The first-order chi connectivity index (χ1) is 8.85. The highest BCUT2D eigenvalue weighted by Gasteiger charge is 2.47. The third-order valence-corrected chi connectivity index (χ3v) is 4.40. The van der Waals surface area contributed by atoms with Crippen LogP contribution in [0.15, 0.2) is 6.07 Å². The van der Waals surface area contributed by atoms with Gasteiger partial charge in [-0.3, -0.25) is 14.4 Å². The maximum Gasteiger partial charge on any atom is 0.311 e. The van der Waals surface area contributed by atoms with E-state index in [1.807, 2.05) is 32.5 Å². The lowest BCUT2D eigenvalue weighted by Crippen LogP contribution is -2.39. The van der Waals surface area contributed by atoms with Gasteiger partial charge in [0.25, 0.3) is 0 Å². The molecule has 5 heteroatoms. The number of carbonyl (C=O) groups is 1. The summed E-state index contributed by atoms with van der Waals surface area (Å²) in [6.07, 6.45) is 0.733. The number of carboxylic acid groups (broad SMARTS) is 1. The van der Waals surface area contributed by atoms with Gasteiger partial charge in [0.2, 0.25) is 0 Å². The van der Waals surface area contributed by atoms with Gasteiger partial charge in [0.05, 0.1) is 16.8 Å². The Bertz CT molecular complexity index is 481. The third-order valence-electron chi connectivity index (χ3n) is 4.40. The molecule has 1 aliphatic heterocycles. The van der Waals surface area contributed by atoms with Gasteiger partial charge in [-0.1, -0.05) is 13.8 Å². The van der Waals surface area contributed by atoms with Crippen molar-refractivity contribution in [3.63, 3.8) is 0 Å². The molecule has 0 saturated carbocycles. The van der Waals surface area contributed by atoms with E-state index >= 15 is 0 Å². The molecule has 5 nitrogen and oxygen atoms in total. The van der Waals surface area contributed by atoms with Crippen molar-refractivity contribution >= 4 is 5.97 Å². The van der Waals surface area contributed by atoms with Crippen LogP contribution in [0, 0.1) is 18.3 Å². The van der Waals surface area contributed by atoms with Gasteiger partial charge in [-0.25, -0.2) is 0 Å². The number of carboxylic acids is 1. The molecule has 0 aliphatic carbocycles. The van der Waals surface area contributed by atoms with E-state index in [-0.39, 0.29) is 5.92 Å². The molecule has 19 heavy (non-hydrogen) atoms. The number of likely N-dealkylation sites (tertiary alicyclic amines) is 1. The van der Waals surface area contributed by atoms with Crippen LogP contribution in [0.1, 0.15) is 31.7 Å². The van der Waals surface area contributed by atoms with Gasteiger partial charge in [0.1, 0.15) is 0 Å². The Morgan fingerprint density at radius 2 is 2.26 bits per heavy atom. The van der Waals surface area contributed by atoms with E-state index in [9.17, 15) is 9.90 Å². The second-order valence-electron chi connectivity index (χ2n) is 5.98. The average molecular weight is 265 g/mol. The molecular formula is C14H23N3O2. The van der Waals surface area contributed by atoms with E-state index in [0.717, 1.165) is 30.9 Å². The third kappa shape index (κ3) is 2.52. The minimum atomic E-state index is -0.661. The van der Waals surface area contributed by atoms with Crippen LogP contribution in [0.3, 0.4) is 0 Å². The van der Waals surface area contributed by atoms with Gasteiger partial charge in [-0.05, 0) is 31.9 Å². The summed E-state index contributed by atoms with van der Waals surface area (Å²) < 4.78 is 1.88. The molecule has 1 aliphatic rings. The number of hydrogen-bond acceptors (Lipinski definition) is 3. The van der Waals surface area contributed by atoms with Gasteiger partial charge in [-0.15, -0.1) is 0 Å². The molecule has 0 radical (unpaired) electrons. The van der Waals surface area contributed by atoms with Crippen LogP contribution < -0.4 is 0 Å². The fraction of sp³-hybridized carbons (Fsp3) is 0.714. The maximum absolute atomic E-state index is 11.6. The lowest BCUT2D eigenvalue weighted by atomic mass is 9.76. The molecular weight excluding hydrogens is 242 g/mol. The van der Waals surface area contributed by atoms with Crippen LogP contribution >= 0.6 is 0 Å². The van der Waals surface area contributed by atoms with Gasteiger partial charge in [0.15, 0.2) is 0 Å². The molecule has 1 aromatic heterocycles. The van der Waals surface area contributed by atoms with Crippen molar-refractivity contribution in [3.8, 4) is 0 Å². The van der Waals surface area contributed by atoms with Crippen LogP contribution in [0.2, 0.25) is 0 Å². The molecule has 1 N–H and O–H groups in total. The van der Waals surface area contributed by atoms with E-state index in [1.165, 1.54) is 0 Å². The van der Waals surface area contributed by atoms with E-state index in [0.29, 0.717) is 6.54 Å². The second kappa shape index (κ2) is 4.96. The molecule has 1 unspecified atom stereocenters. The maximum atomic E-state index is 11.6. The highest BCUT2D eigenvalue weighted by molar-refractivity contribution is 5.75. The van der Waals surface area contributed by atoms with Crippen LogP contribution in [-0.4, -0.2) is 38.8 Å². The lowest BCUT2D eigenvalue weighted by molar-refractivity contribution is -0.151. The number of aliphatic carboxylic acids is 1. The molecule has 0 aromatic carbocycles. The number of nitrogens with zero attached hydrogens (tertiary/aromatic N) is 3. The standard InChI is InChI=1S/C14H23N3O2/c1-10(2)14(13(18)19)5-6-17(9-14)8-12-7-11(3)15-16(12)4/h7,10H,5-6,8-9H2,1-4H3,(H,18,19). The molecule has 1 aromatic rings. The number of hydrogen-bond donors (Lipinski definition) is 1. The first kappa shape index (κ1) is 14.1. The summed E-state index contributed by atoms with van der Waals surface area (Å²) in [5.41, 5.74) is 1.56. The van der Waals surface area contributed by atoms with E-state index in [2.05, 4.69) is 16.1 Å². The summed E-state index contributed by atoms with van der Waals surface area (Å²) in [6.45, 7) is 8.23. The Morgan fingerprint density at radius 1 is 1.58 bits per heavy atom. The Balaban J connectivity index is 2.10. The first-order valence-corrected chi connectivity index (χ1v) is 6.80. The normalized spacial score (nSPS) is 24.3. The van der Waals surface area contributed by atoms with Crippen molar-refractivity contribution < 1.29 is 9.90 Å². The average Bonchev–Trinajstić information content (AvgIpc) is 2.85. The van der Waals surface area contributed by atoms with Gasteiger partial charge < -0.3 is 5.11 Å². The lowest BCUT2D eigenvalue weighted by Gasteiger charge is -2.28. The zero-order chi connectivity index (χ0) is 14.2. The number of aryl methyl sites for hydroxylation is 2. The minimum Gasteiger partial charge on any atom is -0.481 e. The molecule has 0 amide bonds. The van der Waals surface area contributed by atoms with Crippen LogP contribution in [0.4, 0.5) is 0 Å². The number of rotatable bonds is 4. The summed E-state index contributed by atoms with van der Waals surface area (Å²) in [4.78, 5) is 13.8. The van der Waals surface area contributed by atoms with Crippen molar-refractivity contribution in [1.82, 2.24) is 14.7 Å². The monoisotopic (exact) mass is 265 g/mol. The Kier molecular flexibility index (Phi) is 3.67. The minimum absolute atomic E-state index is 0.156. The fourth-order valence-corrected chi connectivity index (χ4v) is 2.98. The molecule has 2 heterocycles. The molecule has 1 atom stereocenters. The molecule has 1 fully saturated rings. The molecule has 0 bridgehead atoms. The van der Waals surface area contributed by atoms with Crippen molar-refractivity contribution in [3.05, 3.63) is 17.5 Å². The summed E-state index contributed by atoms with van der Waals surface area (Å²) >= 11 is 0. The highest BCUT2D eigenvalue weighted by atomic mass is 16.4. The van der Waals surface area contributed by atoms with Crippen molar-refractivity contribution in [2.24, 2.45) is 18.4 Å². The summed E-state index contributed by atoms with van der Waals surface area (Å²) in [6, 6.07) is 2.07. The Labute approximate surface area is 114 Å². The Morgan fingerprint density at radius 3 is 2.68 bits per heavy atom. The zero-order valence-electron chi connectivity index (χ0n) is 12.2. The van der Waals surface area contributed by atoms with Gasteiger partial charge in [-0.2, -0.15) is 5.10 Å². The zero-order valence-corrected chi connectivity index (χ0v) is 12.2. The van der Waals surface area contributed by atoms with Crippen LogP contribution in [0.5, 0.6) is 0 Å². The largest absolute Gasteiger partial charge is 0.481 e. The van der Waals surface area contributed by atoms with Crippen molar-refractivity contribution in [2.75, 3.05) is 13.1 Å². The highest BCUT2D eigenvalue weighted by Crippen LogP contribution is 2.38. The molecule has 1 saturated heterocycles. The van der Waals surface area contributed by atoms with Crippen LogP contribution in [0.25, 0.3) is 0 Å². The smallest absolute Gasteiger partial charge is 0.311 e. The predicted molar refractivity (Wildman–Crippen MR) is 72.7 cm³/mol.